The molecular formula is C12H16N4. The quantitative estimate of drug-likeness (QED) is 0.812. The van der Waals surface area contributed by atoms with Gasteiger partial charge in [0.1, 0.15) is 11.9 Å². The molecule has 16 heavy (non-hydrogen) atoms. The number of pyridine rings is 1. The van der Waals surface area contributed by atoms with Gasteiger partial charge in [-0.15, -0.1) is 0 Å². The molecule has 0 bridgehead atoms. The van der Waals surface area contributed by atoms with Crippen molar-refractivity contribution in [3.63, 3.8) is 0 Å². The minimum Gasteiger partial charge on any atom is -0.396 e. The molecule has 1 aromatic heterocycles. The molecule has 4 heteroatoms. The zero-order valence-corrected chi connectivity index (χ0v) is 9.45. The second-order valence-electron chi connectivity index (χ2n) is 4.36. The van der Waals surface area contributed by atoms with E-state index in [4.69, 9.17) is 11.0 Å². The van der Waals surface area contributed by atoms with Gasteiger partial charge < -0.3 is 11.1 Å². The van der Waals surface area contributed by atoms with Crippen LogP contribution in [0.1, 0.15) is 38.3 Å². The molecule has 0 radical (unpaired) electrons. The van der Waals surface area contributed by atoms with E-state index in [2.05, 4.69) is 17.2 Å². The summed E-state index contributed by atoms with van der Waals surface area (Å²) in [6, 6.07) is 5.57. The van der Waals surface area contributed by atoms with E-state index >= 15 is 0 Å². The summed E-state index contributed by atoms with van der Waals surface area (Å²) >= 11 is 0. The predicted octanol–water partition coefficient (Wildman–Crippen LogP) is 2.28. The first-order chi connectivity index (χ1) is 7.69. The van der Waals surface area contributed by atoms with Crippen molar-refractivity contribution in [3.05, 3.63) is 17.8 Å². The predicted molar refractivity (Wildman–Crippen MR) is 63.9 cm³/mol. The first-order valence-electron chi connectivity index (χ1n) is 5.64. The molecule has 0 amide bonds. The summed E-state index contributed by atoms with van der Waals surface area (Å²) in [6.07, 6.45) is 4.71. The van der Waals surface area contributed by atoms with Crippen molar-refractivity contribution in [2.24, 2.45) is 0 Å². The van der Waals surface area contributed by atoms with Crippen molar-refractivity contribution in [1.29, 1.82) is 5.26 Å². The lowest BCUT2D eigenvalue weighted by Crippen LogP contribution is -2.44. The summed E-state index contributed by atoms with van der Waals surface area (Å²) < 4.78 is 0. The number of anilines is 2. The van der Waals surface area contributed by atoms with Crippen LogP contribution in [-0.4, -0.2) is 10.5 Å². The van der Waals surface area contributed by atoms with Gasteiger partial charge in [0.15, 0.2) is 5.69 Å². The Bertz CT molecular complexity index is 424. The Morgan fingerprint density at radius 2 is 2.31 bits per heavy atom. The second-order valence-corrected chi connectivity index (χ2v) is 4.36. The number of nitrogens with two attached hydrogens (primary N) is 1. The molecule has 0 saturated heterocycles. The maximum Gasteiger partial charge on any atom is 0.165 e. The SMILES string of the molecule is CCC1(Nc2ccc(N)c(C#N)n2)CCC1. The molecule has 0 atom stereocenters. The number of nitrogens with zero attached hydrogens (tertiary/aromatic N) is 2. The van der Waals surface area contributed by atoms with Gasteiger partial charge in [-0.1, -0.05) is 6.92 Å². The van der Waals surface area contributed by atoms with Gasteiger partial charge in [0.2, 0.25) is 0 Å². The van der Waals surface area contributed by atoms with E-state index in [0.29, 0.717) is 11.4 Å². The lowest BCUT2D eigenvalue weighted by molar-refractivity contribution is 0.269. The number of nitrogen functional groups attached to an aromatic ring is 1. The minimum absolute atomic E-state index is 0.190. The van der Waals surface area contributed by atoms with Gasteiger partial charge >= 0.3 is 0 Å². The Morgan fingerprint density at radius 1 is 1.56 bits per heavy atom. The molecule has 4 nitrogen and oxygen atoms in total. The number of nitrogens with one attached hydrogen (secondary N) is 1. The Kier molecular flexibility index (Phi) is 2.69. The maximum atomic E-state index is 8.85. The second kappa shape index (κ2) is 4.01. The highest BCUT2D eigenvalue weighted by Gasteiger charge is 2.35. The molecule has 1 aliphatic carbocycles. The fourth-order valence-corrected chi connectivity index (χ4v) is 2.07. The summed E-state index contributed by atoms with van der Waals surface area (Å²) in [5.74, 6) is 0.757. The summed E-state index contributed by atoms with van der Waals surface area (Å²) in [5, 5.41) is 12.3. The highest BCUT2D eigenvalue weighted by molar-refractivity contribution is 5.55. The normalized spacial score (nSPS) is 17.2. The average molecular weight is 216 g/mol. The highest BCUT2D eigenvalue weighted by atomic mass is 15.1. The Labute approximate surface area is 95.5 Å². The van der Waals surface area contributed by atoms with Gasteiger partial charge in [0.25, 0.3) is 0 Å². The number of aromatic nitrogens is 1. The van der Waals surface area contributed by atoms with Crippen molar-refractivity contribution < 1.29 is 0 Å². The number of hydrogen-bond acceptors (Lipinski definition) is 4. The van der Waals surface area contributed by atoms with Crippen LogP contribution in [0.4, 0.5) is 11.5 Å². The topological polar surface area (TPSA) is 74.7 Å². The van der Waals surface area contributed by atoms with Crippen LogP contribution in [0, 0.1) is 11.3 Å². The van der Waals surface area contributed by atoms with Crippen LogP contribution in [0.3, 0.4) is 0 Å². The fourth-order valence-electron chi connectivity index (χ4n) is 2.07. The van der Waals surface area contributed by atoms with Crippen LogP contribution in [0.25, 0.3) is 0 Å². The fraction of sp³-hybridized carbons (Fsp3) is 0.500. The van der Waals surface area contributed by atoms with Crippen LogP contribution >= 0.6 is 0 Å². The van der Waals surface area contributed by atoms with Crippen molar-refractivity contribution in [2.45, 2.75) is 38.1 Å². The summed E-state index contributed by atoms with van der Waals surface area (Å²) in [4.78, 5) is 4.21. The zero-order valence-electron chi connectivity index (χ0n) is 9.45. The molecule has 1 fully saturated rings. The van der Waals surface area contributed by atoms with Crippen LogP contribution in [0.2, 0.25) is 0 Å². The van der Waals surface area contributed by atoms with Gasteiger partial charge in [-0.25, -0.2) is 4.98 Å². The van der Waals surface area contributed by atoms with Gasteiger partial charge in [-0.3, -0.25) is 0 Å². The number of rotatable bonds is 3. The molecule has 1 heterocycles. The molecule has 2 rings (SSSR count). The summed E-state index contributed by atoms with van der Waals surface area (Å²) in [6.45, 7) is 2.18. The molecule has 1 aromatic rings. The monoisotopic (exact) mass is 216 g/mol. The van der Waals surface area contributed by atoms with Crippen molar-refractivity contribution in [1.82, 2.24) is 4.98 Å². The van der Waals surface area contributed by atoms with Crippen molar-refractivity contribution in [3.8, 4) is 6.07 Å². The lowest BCUT2D eigenvalue weighted by Gasteiger charge is -2.42. The smallest absolute Gasteiger partial charge is 0.165 e. The number of hydrogen-bond donors (Lipinski definition) is 2. The number of nitriles is 1. The zero-order chi connectivity index (χ0) is 11.6. The van der Waals surface area contributed by atoms with Gasteiger partial charge in [0.05, 0.1) is 5.69 Å². The third-order valence-corrected chi connectivity index (χ3v) is 3.41. The van der Waals surface area contributed by atoms with Crippen LogP contribution in [-0.2, 0) is 0 Å². The van der Waals surface area contributed by atoms with Crippen LogP contribution in [0.15, 0.2) is 12.1 Å². The summed E-state index contributed by atoms with van der Waals surface area (Å²) in [5.41, 5.74) is 6.56. The maximum absolute atomic E-state index is 8.85. The molecule has 0 unspecified atom stereocenters. The first-order valence-corrected chi connectivity index (χ1v) is 5.64. The van der Waals surface area contributed by atoms with Crippen LogP contribution in [0.5, 0.6) is 0 Å². The van der Waals surface area contributed by atoms with E-state index in [1.807, 2.05) is 12.1 Å². The molecule has 0 aliphatic heterocycles. The van der Waals surface area contributed by atoms with E-state index in [1.54, 1.807) is 6.07 Å². The van der Waals surface area contributed by atoms with Crippen molar-refractivity contribution in [2.75, 3.05) is 11.1 Å². The van der Waals surface area contributed by atoms with E-state index < -0.39 is 0 Å². The van der Waals surface area contributed by atoms with Crippen molar-refractivity contribution >= 4 is 11.5 Å². The van der Waals surface area contributed by atoms with E-state index in [9.17, 15) is 0 Å². The largest absolute Gasteiger partial charge is 0.396 e. The standard InChI is InChI=1S/C12H16N4/c1-2-12(6-3-7-12)16-11-5-4-9(14)10(8-13)15-11/h4-5H,2-3,6-7,14H2,1H3,(H,15,16). The molecule has 84 valence electrons. The molecule has 1 aliphatic rings. The third-order valence-electron chi connectivity index (χ3n) is 3.41. The molecule has 1 saturated carbocycles. The Balaban J connectivity index is 2.19. The Morgan fingerprint density at radius 3 is 2.81 bits per heavy atom. The Hall–Kier alpha value is -1.76. The lowest BCUT2D eigenvalue weighted by atomic mass is 9.75. The van der Waals surface area contributed by atoms with E-state index in [-0.39, 0.29) is 5.54 Å². The molecular weight excluding hydrogens is 200 g/mol. The minimum atomic E-state index is 0.190. The van der Waals surface area contributed by atoms with E-state index in [1.165, 1.54) is 19.3 Å². The van der Waals surface area contributed by atoms with E-state index in [0.717, 1.165) is 12.2 Å². The summed E-state index contributed by atoms with van der Waals surface area (Å²) in [7, 11) is 0. The van der Waals surface area contributed by atoms with Gasteiger partial charge in [-0.2, -0.15) is 5.26 Å². The van der Waals surface area contributed by atoms with Crippen LogP contribution < -0.4 is 11.1 Å². The van der Waals surface area contributed by atoms with Gasteiger partial charge in [0, 0.05) is 5.54 Å². The highest BCUT2D eigenvalue weighted by Crippen LogP contribution is 2.37. The third kappa shape index (κ3) is 1.81. The average Bonchev–Trinajstić information content (AvgIpc) is 2.25. The molecule has 0 aromatic carbocycles. The molecule has 0 spiro atoms. The molecule has 3 N–H and O–H groups in total. The first kappa shape index (κ1) is 10.7. The van der Waals surface area contributed by atoms with Gasteiger partial charge in [-0.05, 0) is 37.8 Å².